The van der Waals surface area contributed by atoms with Crippen molar-refractivity contribution in [2.75, 3.05) is 25.8 Å². The Morgan fingerprint density at radius 1 is 1.00 bits per heavy atom. The highest BCUT2D eigenvalue weighted by Gasteiger charge is 2.30. The number of benzene rings is 2. The molecule has 0 unspecified atom stereocenters. The average molecular weight is 446 g/mol. The Labute approximate surface area is 181 Å². The van der Waals surface area contributed by atoms with Crippen LogP contribution in [0, 0.1) is 11.3 Å². The lowest BCUT2D eigenvalue weighted by Crippen LogP contribution is -2.06. The smallest absolute Gasteiger partial charge is 0.416 e. The van der Waals surface area contributed by atoms with E-state index in [0.717, 1.165) is 12.1 Å². The van der Waals surface area contributed by atoms with E-state index in [2.05, 4.69) is 21.4 Å². The number of rotatable bonds is 6. The number of aromatic nitrogens is 2. The summed E-state index contributed by atoms with van der Waals surface area (Å²) in [4.78, 5) is 8.79. The number of methoxy groups -OCH3 is 2. The number of hydrogen-bond acceptors (Lipinski definition) is 7. The molecule has 31 heavy (non-hydrogen) atoms. The zero-order valence-electron chi connectivity index (χ0n) is 16.7. The monoisotopic (exact) mass is 446 g/mol. The molecule has 0 aliphatic carbocycles. The van der Waals surface area contributed by atoms with Crippen LogP contribution in [0.1, 0.15) is 11.1 Å². The first-order valence-electron chi connectivity index (χ1n) is 8.83. The third kappa shape index (κ3) is 4.83. The quantitative estimate of drug-likeness (QED) is 0.395. The van der Waals surface area contributed by atoms with Crippen LogP contribution in [-0.4, -0.2) is 30.4 Å². The number of halogens is 3. The minimum Gasteiger partial charge on any atom is -0.493 e. The Hall–Kier alpha value is -3.45. The minimum atomic E-state index is -4.43. The van der Waals surface area contributed by atoms with Gasteiger partial charge in [0.05, 0.1) is 25.5 Å². The first-order chi connectivity index (χ1) is 14.8. The van der Waals surface area contributed by atoms with Crippen molar-refractivity contribution in [2.45, 2.75) is 11.3 Å². The van der Waals surface area contributed by atoms with Gasteiger partial charge in [0.2, 0.25) is 0 Å². The number of ether oxygens (including phenoxy) is 2. The van der Waals surface area contributed by atoms with E-state index in [9.17, 15) is 18.4 Å². The Morgan fingerprint density at radius 3 is 2.23 bits per heavy atom. The van der Waals surface area contributed by atoms with Crippen LogP contribution in [0.2, 0.25) is 0 Å². The molecule has 1 aromatic heterocycles. The van der Waals surface area contributed by atoms with Crippen molar-refractivity contribution in [1.82, 2.24) is 9.97 Å². The number of hydrogen-bond donors (Lipinski definition) is 1. The van der Waals surface area contributed by atoms with Crippen molar-refractivity contribution in [3.63, 3.8) is 0 Å². The molecule has 0 radical (unpaired) electrons. The van der Waals surface area contributed by atoms with Gasteiger partial charge in [-0.05, 0) is 48.7 Å². The predicted octanol–water partition coefficient (Wildman–Crippen LogP) is 5.52. The van der Waals surface area contributed by atoms with Crippen molar-refractivity contribution in [1.29, 1.82) is 5.26 Å². The molecule has 3 rings (SSSR count). The van der Waals surface area contributed by atoms with Gasteiger partial charge in [-0.2, -0.15) is 18.4 Å². The van der Waals surface area contributed by atoms with Crippen molar-refractivity contribution in [2.24, 2.45) is 0 Å². The van der Waals surface area contributed by atoms with Crippen LogP contribution < -0.4 is 14.8 Å². The summed E-state index contributed by atoms with van der Waals surface area (Å²) in [5.74, 6) is 1.17. The molecule has 0 bridgehead atoms. The minimum absolute atomic E-state index is 0.143. The number of nitrogens with one attached hydrogen (secondary N) is 1. The standard InChI is InChI=1S/C21H17F3N4O2S/c1-29-16-9-4-12(10-17(16)30-2)18-15(11-25)19(28-20(27-18)31-3)26-14-7-5-13(6-8-14)21(22,23)24/h4-10H,1-3H3,(H,26,27,28). The molecule has 0 spiro atoms. The highest BCUT2D eigenvalue weighted by atomic mass is 32.2. The van der Waals surface area contributed by atoms with Gasteiger partial charge in [0.15, 0.2) is 22.5 Å². The van der Waals surface area contributed by atoms with E-state index in [0.29, 0.717) is 33.6 Å². The number of anilines is 2. The van der Waals surface area contributed by atoms with Crippen LogP contribution in [0.5, 0.6) is 11.5 Å². The molecule has 0 aliphatic rings. The molecule has 10 heteroatoms. The Balaban J connectivity index is 2.07. The van der Waals surface area contributed by atoms with Gasteiger partial charge in [-0.3, -0.25) is 0 Å². The van der Waals surface area contributed by atoms with Gasteiger partial charge in [0.25, 0.3) is 0 Å². The predicted molar refractivity (Wildman–Crippen MR) is 112 cm³/mol. The van der Waals surface area contributed by atoms with E-state index in [1.807, 2.05) is 0 Å². The van der Waals surface area contributed by atoms with E-state index < -0.39 is 11.7 Å². The lowest BCUT2D eigenvalue weighted by Gasteiger charge is -2.14. The van der Waals surface area contributed by atoms with E-state index >= 15 is 0 Å². The first-order valence-corrected chi connectivity index (χ1v) is 10.1. The van der Waals surface area contributed by atoms with Crippen LogP contribution >= 0.6 is 11.8 Å². The Morgan fingerprint density at radius 2 is 1.68 bits per heavy atom. The Bertz CT molecular complexity index is 1130. The molecule has 2 aromatic carbocycles. The number of nitriles is 1. The summed E-state index contributed by atoms with van der Waals surface area (Å²) >= 11 is 1.27. The Kier molecular flexibility index (Phi) is 6.56. The third-order valence-corrected chi connectivity index (χ3v) is 4.86. The lowest BCUT2D eigenvalue weighted by molar-refractivity contribution is -0.137. The summed E-state index contributed by atoms with van der Waals surface area (Å²) in [6.45, 7) is 0. The maximum absolute atomic E-state index is 12.8. The molecule has 160 valence electrons. The van der Waals surface area contributed by atoms with E-state index in [-0.39, 0.29) is 11.4 Å². The summed E-state index contributed by atoms with van der Waals surface area (Å²) in [6.07, 6.45) is -2.65. The number of nitrogens with zero attached hydrogens (tertiary/aromatic N) is 3. The van der Waals surface area contributed by atoms with Gasteiger partial charge in [0.1, 0.15) is 11.6 Å². The molecular weight excluding hydrogens is 429 g/mol. The molecule has 0 atom stereocenters. The van der Waals surface area contributed by atoms with Crippen LogP contribution in [0.25, 0.3) is 11.3 Å². The fraction of sp³-hybridized carbons (Fsp3) is 0.190. The summed E-state index contributed by atoms with van der Waals surface area (Å²) in [5, 5.41) is 13.1. The molecule has 1 N–H and O–H groups in total. The SMILES string of the molecule is COc1ccc(-c2nc(SC)nc(Nc3ccc(C(F)(F)F)cc3)c2C#N)cc1OC. The first kappa shape index (κ1) is 22.2. The topological polar surface area (TPSA) is 80.1 Å². The van der Waals surface area contributed by atoms with Crippen LogP contribution in [0.4, 0.5) is 24.7 Å². The summed E-state index contributed by atoms with van der Waals surface area (Å²) in [6, 6.07) is 11.7. The van der Waals surface area contributed by atoms with Crippen molar-refractivity contribution in [3.8, 4) is 28.8 Å². The van der Waals surface area contributed by atoms with Gasteiger partial charge < -0.3 is 14.8 Å². The normalized spacial score (nSPS) is 11.0. The summed E-state index contributed by atoms with van der Waals surface area (Å²) in [7, 11) is 3.01. The largest absolute Gasteiger partial charge is 0.493 e. The molecule has 6 nitrogen and oxygen atoms in total. The van der Waals surface area contributed by atoms with Crippen LogP contribution in [0.3, 0.4) is 0 Å². The molecular formula is C21H17F3N4O2S. The third-order valence-electron chi connectivity index (χ3n) is 4.31. The second-order valence-electron chi connectivity index (χ2n) is 6.16. The zero-order chi connectivity index (χ0) is 22.6. The highest BCUT2D eigenvalue weighted by molar-refractivity contribution is 7.98. The fourth-order valence-electron chi connectivity index (χ4n) is 2.80. The van der Waals surface area contributed by atoms with Crippen LogP contribution in [-0.2, 0) is 6.18 Å². The van der Waals surface area contributed by atoms with Crippen molar-refractivity contribution in [3.05, 3.63) is 53.6 Å². The second kappa shape index (κ2) is 9.14. The number of thioether (sulfide) groups is 1. The van der Waals surface area contributed by atoms with Gasteiger partial charge in [0, 0.05) is 11.3 Å². The van der Waals surface area contributed by atoms with E-state index in [4.69, 9.17) is 9.47 Å². The fourth-order valence-corrected chi connectivity index (χ4v) is 3.16. The van der Waals surface area contributed by atoms with E-state index in [1.54, 1.807) is 24.5 Å². The molecule has 0 aliphatic heterocycles. The molecule has 3 aromatic rings. The molecule has 0 fully saturated rings. The lowest BCUT2D eigenvalue weighted by atomic mass is 10.1. The van der Waals surface area contributed by atoms with Crippen LogP contribution in [0.15, 0.2) is 47.6 Å². The molecule has 1 heterocycles. The summed E-state index contributed by atoms with van der Waals surface area (Å²) < 4.78 is 49.0. The van der Waals surface area contributed by atoms with Gasteiger partial charge in [-0.1, -0.05) is 11.8 Å². The average Bonchev–Trinajstić information content (AvgIpc) is 2.77. The van der Waals surface area contributed by atoms with Gasteiger partial charge >= 0.3 is 6.18 Å². The van der Waals surface area contributed by atoms with Gasteiger partial charge in [-0.25, -0.2) is 9.97 Å². The highest BCUT2D eigenvalue weighted by Crippen LogP contribution is 2.36. The second-order valence-corrected chi connectivity index (χ2v) is 6.94. The number of alkyl halides is 3. The summed E-state index contributed by atoms with van der Waals surface area (Å²) in [5.41, 5.74) is 0.690. The maximum Gasteiger partial charge on any atom is 0.416 e. The van der Waals surface area contributed by atoms with Crippen molar-refractivity contribution >= 4 is 23.3 Å². The van der Waals surface area contributed by atoms with E-state index in [1.165, 1.54) is 38.1 Å². The molecule has 0 saturated heterocycles. The molecule has 0 saturated carbocycles. The van der Waals surface area contributed by atoms with Crippen molar-refractivity contribution < 1.29 is 22.6 Å². The van der Waals surface area contributed by atoms with Gasteiger partial charge in [-0.15, -0.1) is 0 Å². The molecule has 0 amide bonds. The zero-order valence-corrected chi connectivity index (χ0v) is 17.6. The maximum atomic E-state index is 12.8.